The summed E-state index contributed by atoms with van der Waals surface area (Å²) in [5.74, 6) is 0.0291. The normalized spacial score (nSPS) is 12.0. The maximum absolute atomic E-state index is 12.3. The van der Waals surface area contributed by atoms with Crippen LogP contribution in [0.3, 0.4) is 0 Å². The molecule has 22 heavy (non-hydrogen) atoms. The van der Waals surface area contributed by atoms with Crippen LogP contribution >= 0.6 is 0 Å². The van der Waals surface area contributed by atoms with Gasteiger partial charge >= 0.3 is 0 Å². The Labute approximate surface area is 132 Å². The maximum Gasteiger partial charge on any atom is 0.253 e. The number of hydrogen-bond donors (Lipinski definition) is 1. The van der Waals surface area contributed by atoms with Gasteiger partial charge in [-0.1, -0.05) is 42.0 Å². The van der Waals surface area contributed by atoms with Gasteiger partial charge in [0.25, 0.3) is 5.91 Å². The van der Waals surface area contributed by atoms with E-state index in [9.17, 15) is 9.90 Å². The fourth-order valence-electron chi connectivity index (χ4n) is 2.44. The molecule has 0 saturated heterocycles. The summed E-state index contributed by atoms with van der Waals surface area (Å²) >= 11 is 0. The highest BCUT2D eigenvalue weighted by Gasteiger charge is 2.14. The van der Waals surface area contributed by atoms with Crippen molar-refractivity contribution in [3.63, 3.8) is 0 Å². The molecule has 2 aromatic carbocycles. The molecule has 0 radical (unpaired) electrons. The lowest BCUT2D eigenvalue weighted by atomic mass is 9.99. The van der Waals surface area contributed by atoms with E-state index in [1.165, 1.54) is 0 Å². The summed E-state index contributed by atoms with van der Waals surface area (Å²) in [6.45, 7) is 7.35. The zero-order chi connectivity index (χ0) is 16.1. The predicted molar refractivity (Wildman–Crippen MR) is 88.9 cm³/mol. The van der Waals surface area contributed by atoms with Crippen molar-refractivity contribution >= 4 is 5.91 Å². The average Bonchev–Trinajstić information content (AvgIpc) is 2.56. The lowest BCUT2D eigenvalue weighted by Crippen LogP contribution is -2.30. The summed E-state index contributed by atoms with van der Waals surface area (Å²) < 4.78 is 0. The number of aliphatic hydroxyl groups excluding tert-OH is 1. The summed E-state index contributed by atoms with van der Waals surface area (Å²) in [7, 11) is 0. The molecule has 1 amide bonds. The number of benzene rings is 2. The number of aliphatic hydroxyl groups is 1. The highest BCUT2D eigenvalue weighted by molar-refractivity contribution is 5.94. The van der Waals surface area contributed by atoms with Crippen molar-refractivity contribution in [1.29, 1.82) is 0 Å². The molecule has 1 N–H and O–H groups in total. The van der Waals surface area contributed by atoms with Gasteiger partial charge in [-0.2, -0.15) is 0 Å². The van der Waals surface area contributed by atoms with Crippen LogP contribution in [0, 0.1) is 6.92 Å². The molecular formula is C19H23NO2. The van der Waals surface area contributed by atoms with Crippen molar-refractivity contribution in [2.45, 2.75) is 26.9 Å². The van der Waals surface area contributed by atoms with Crippen molar-refractivity contribution in [3.8, 4) is 0 Å². The van der Waals surface area contributed by atoms with E-state index in [0.717, 1.165) is 16.7 Å². The van der Waals surface area contributed by atoms with Gasteiger partial charge in [-0.05, 0) is 44.0 Å². The molecule has 0 aliphatic carbocycles. The van der Waals surface area contributed by atoms with Crippen LogP contribution in [0.5, 0.6) is 0 Å². The molecule has 1 atom stereocenters. The first-order chi connectivity index (χ1) is 10.6. The van der Waals surface area contributed by atoms with Gasteiger partial charge in [-0.25, -0.2) is 0 Å². The van der Waals surface area contributed by atoms with Gasteiger partial charge < -0.3 is 10.0 Å². The summed E-state index contributed by atoms with van der Waals surface area (Å²) in [5, 5.41) is 10.4. The Morgan fingerprint density at radius 1 is 0.955 bits per heavy atom. The van der Waals surface area contributed by atoms with E-state index < -0.39 is 6.10 Å². The van der Waals surface area contributed by atoms with Crippen LogP contribution in [-0.2, 0) is 0 Å². The molecule has 0 aromatic heterocycles. The number of nitrogens with zero attached hydrogens (tertiary/aromatic N) is 1. The van der Waals surface area contributed by atoms with Crippen LogP contribution in [0.2, 0.25) is 0 Å². The molecule has 0 saturated carbocycles. The molecule has 0 aliphatic heterocycles. The van der Waals surface area contributed by atoms with E-state index >= 15 is 0 Å². The van der Waals surface area contributed by atoms with Gasteiger partial charge in [0.1, 0.15) is 6.10 Å². The highest BCUT2D eigenvalue weighted by atomic mass is 16.3. The monoisotopic (exact) mass is 297 g/mol. The first-order valence-corrected chi connectivity index (χ1v) is 7.70. The number of hydrogen-bond acceptors (Lipinski definition) is 2. The van der Waals surface area contributed by atoms with Crippen LogP contribution in [0.4, 0.5) is 0 Å². The van der Waals surface area contributed by atoms with E-state index in [1.54, 1.807) is 17.0 Å². The predicted octanol–water partition coefficient (Wildman–Crippen LogP) is 3.56. The number of amides is 1. The van der Waals surface area contributed by atoms with E-state index in [1.807, 2.05) is 57.2 Å². The molecule has 2 rings (SSSR count). The summed E-state index contributed by atoms with van der Waals surface area (Å²) in [5.41, 5.74) is 3.47. The Morgan fingerprint density at radius 2 is 1.41 bits per heavy atom. The fraction of sp³-hybridized carbons (Fsp3) is 0.316. The smallest absolute Gasteiger partial charge is 0.253 e. The van der Waals surface area contributed by atoms with Crippen LogP contribution in [0.1, 0.15) is 47.0 Å². The standard InChI is InChI=1S/C19H23NO2/c1-4-20(5-2)19(22)17-12-10-16(11-13-17)18(21)15-8-6-14(3)7-9-15/h6-13,18,21H,4-5H2,1-3H3. The molecule has 0 bridgehead atoms. The third-order valence-electron chi connectivity index (χ3n) is 3.92. The maximum atomic E-state index is 12.3. The van der Waals surface area contributed by atoms with Gasteiger partial charge in [0, 0.05) is 18.7 Å². The second-order valence-corrected chi connectivity index (χ2v) is 5.41. The van der Waals surface area contributed by atoms with Gasteiger partial charge in [-0.3, -0.25) is 4.79 Å². The molecule has 0 aliphatic rings. The lowest BCUT2D eigenvalue weighted by Gasteiger charge is -2.19. The van der Waals surface area contributed by atoms with E-state index in [-0.39, 0.29) is 5.91 Å². The molecule has 0 heterocycles. The van der Waals surface area contributed by atoms with Gasteiger partial charge in [0.05, 0.1) is 0 Å². The molecular weight excluding hydrogens is 274 g/mol. The van der Waals surface area contributed by atoms with Crippen molar-refractivity contribution in [2.24, 2.45) is 0 Å². The van der Waals surface area contributed by atoms with Crippen molar-refractivity contribution in [3.05, 3.63) is 70.8 Å². The van der Waals surface area contributed by atoms with Crippen LogP contribution < -0.4 is 0 Å². The Bertz CT molecular complexity index is 613. The van der Waals surface area contributed by atoms with Crippen molar-refractivity contribution < 1.29 is 9.90 Å². The minimum Gasteiger partial charge on any atom is -0.384 e. The molecule has 3 nitrogen and oxygen atoms in total. The van der Waals surface area contributed by atoms with Gasteiger partial charge in [0.2, 0.25) is 0 Å². The van der Waals surface area contributed by atoms with E-state index in [0.29, 0.717) is 18.7 Å². The quantitative estimate of drug-likeness (QED) is 0.916. The van der Waals surface area contributed by atoms with Crippen LogP contribution in [-0.4, -0.2) is 29.0 Å². The van der Waals surface area contributed by atoms with Crippen molar-refractivity contribution in [1.82, 2.24) is 4.90 Å². The van der Waals surface area contributed by atoms with E-state index in [4.69, 9.17) is 0 Å². The first-order valence-electron chi connectivity index (χ1n) is 7.70. The van der Waals surface area contributed by atoms with Gasteiger partial charge in [-0.15, -0.1) is 0 Å². The Balaban J connectivity index is 2.17. The molecule has 116 valence electrons. The summed E-state index contributed by atoms with van der Waals surface area (Å²) in [4.78, 5) is 14.0. The van der Waals surface area contributed by atoms with Gasteiger partial charge in [0.15, 0.2) is 0 Å². The molecule has 3 heteroatoms. The minimum absolute atomic E-state index is 0.0291. The largest absolute Gasteiger partial charge is 0.384 e. The molecule has 0 fully saturated rings. The zero-order valence-corrected chi connectivity index (χ0v) is 13.4. The molecule has 2 aromatic rings. The zero-order valence-electron chi connectivity index (χ0n) is 13.4. The summed E-state index contributed by atoms with van der Waals surface area (Å²) in [6, 6.07) is 15.0. The van der Waals surface area contributed by atoms with Crippen molar-refractivity contribution in [2.75, 3.05) is 13.1 Å². The number of carbonyl (C=O) groups excluding carboxylic acids is 1. The molecule has 0 spiro atoms. The average molecular weight is 297 g/mol. The van der Waals surface area contributed by atoms with Crippen LogP contribution in [0.25, 0.3) is 0 Å². The highest BCUT2D eigenvalue weighted by Crippen LogP contribution is 2.22. The first kappa shape index (κ1) is 16.2. The number of rotatable bonds is 5. The third kappa shape index (κ3) is 3.55. The second-order valence-electron chi connectivity index (χ2n) is 5.41. The topological polar surface area (TPSA) is 40.5 Å². The lowest BCUT2D eigenvalue weighted by molar-refractivity contribution is 0.0773. The number of carbonyl (C=O) groups is 1. The molecule has 1 unspecified atom stereocenters. The fourth-order valence-corrected chi connectivity index (χ4v) is 2.44. The van der Waals surface area contributed by atoms with E-state index in [2.05, 4.69) is 0 Å². The number of aryl methyl sites for hydroxylation is 1. The third-order valence-corrected chi connectivity index (χ3v) is 3.92. The SMILES string of the molecule is CCN(CC)C(=O)c1ccc(C(O)c2ccc(C)cc2)cc1. The second kappa shape index (κ2) is 7.23. The Kier molecular flexibility index (Phi) is 5.34. The summed E-state index contributed by atoms with van der Waals surface area (Å²) in [6.07, 6.45) is -0.668. The Morgan fingerprint density at radius 3 is 1.86 bits per heavy atom. The minimum atomic E-state index is -0.668. The van der Waals surface area contributed by atoms with Crippen LogP contribution in [0.15, 0.2) is 48.5 Å². The Hall–Kier alpha value is -2.13.